The minimum atomic E-state index is -1.02. The summed E-state index contributed by atoms with van der Waals surface area (Å²) in [5, 5.41) is 11.3. The second kappa shape index (κ2) is 6.76. The normalized spacial score (nSPS) is 11.9. The lowest BCUT2D eigenvalue weighted by atomic mass is 10.0. The molecule has 4 N–H and O–H groups in total. The van der Waals surface area contributed by atoms with Gasteiger partial charge in [0.15, 0.2) is 0 Å². The minimum absolute atomic E-state index is 0.150. The molecule has 1 rings (SSSR count). The molecule has 98 valence electrons. The van der Waals surface area contributed by atoms with Crippen LogP contribution in [0.1, 0.15) is 24.5 Å². The highest BCUT2D eigenvalue weighted by atomic mass is 16.4. The fraction of sp³-hybridized carbons (Fsp3) is 0.385. The monoisotopic (exact) mass is 250 g/mol. The maximum absolute atomic E-state index is 11.7. The first-order valence-corrected chi connectivity index (χ1v) is 5.87. The number of carboxylic acid groups (broad SMARTS) is 1. The number of nitrogens with one attached hydrogen (secondary N) is 1. The molecule has 0 unspecified atom stereocenters. The number of carboxylic acids is 1. The zero-order valence-electron chi connectivity index (χ0n) is 10.3. The van der Waals surface area contributed by atoms with Crippen molar-refractivity contribution < 1.29 is 14.7 Å². The third kappa shape index (κ3) is 3.85. The van der Waals surface area contributed by atoms with Crippen LogP contribution in [0.25, 0.3) is 0 Å². The van der Waals surface area contributed by atoms with Gasteiger partial charge in [0.2, 0.25) is 5.91 Å². The van der Waals surface area contributed by atoms with Gasteiger partial charge in [-0.2, -0.15) is 0 Å². The summed E-state index contributed by atoms with van der Waals surface area (Å²) in [6, 6.07) is 6.54. The van der Waals surface area contributed by atoms with E-state index in [1.807, 2.05) is 24.3 Å². The summed E-state index contributed by atoms with van der Waals surface area (Å²) in [4.78, 5) is 22.5. The van der Waals surface area contributed by atoms with Gasteiger partial charge in [-0.3, -0.25) is 4.79 Å². The van der Waals surface area contributed by atoms with Crippen LogP contribution in [-0.4, -0.2) is 23.0 Å². The average molecular weight is 250 g/mol. The Hall–Kier alpha value is -1.88. The Labute approximate surface area is 106 Å². The number of hydrogen-bond acceptors (Lipinski definition) is 3. The molecule has 1 aromatic rings. The quantitative estimate of drug-likeness (QED) is 0.691. The molecule has 18 heavy (non-hydrogen) atoms. The zero-order valence-corrected chi connectivity index (χ0v) is 10.3. The summed E-state index contributed by atoms with van der Waals surface area (Å²) >= 11 is 0. The highest BCUT2D eigenvalue weighted by Crippen LogP contribution is 2.08. The summed E-state index contributed by atoms with van der Waals surface area (Å²) in [6.07, 6.45) is 0.511. The van der Waals surface area contributed by atoms with Crippen LogP contribution in [0.2, 0.25) is 0 Å². The van der Waals surface area contributed by atoms with E-state index in [9.17, 15) is 9.59 Å². The molecule has 5 heteroatoms. The first kappa shape index (κ1) is 14.2. The predicted molar refractivity (Wildman–Crippen MR) is 67.9 cm³/mol. The Morgan fingerprint density at radius 2 is 1.94 bits per heavy atom. The van der Waals surface area contributed by atoms with Crippen LogP contribution in [0.5, 0.6) is 0 Å². The van der Waals surface area contributed by atoms with Crippen molar-refractivity contribution in [2.75, 3.05) is 0 Å². The minimum Gasteiger partial charge on any atom is -0.480 e. The maximum Gasteiger partial charge on any atom is 0.326 e. The average Bonchev–Trinajstić information content (AvgIpc) is 2.36. The number of carbonyl (C=O) groups excluding carboxylic acids is 1. The topological polar surface area (TPSA) is 92.4 Å². The van der Waals surface area contributed by atoms with E-state index < -0.39 is 12.0 Å². The van der Waals surface area contributed by atoms with Gasteiger partial charge in [0, 0.05) is 6.54 Å². The van der Waals surface area contributed by atoms with Gasteiger partial charge in [-0.05, 0) is 17.5 Å². The standard InChI is InChI=1S/C13H18N2O3/c1-2-11(13(17)18)15-12(16)7-9-5-3-4-6-10(9)8-14/h3-6,11H,2,7-8,14H2,1H3,(H,15,16)(H,17,18)/t11-/m1/s1. The number of rotatable bonds is 6. The third-order valence-electron chi connectivity index (χ3n) is 2.73. The Kier molecular flexibility index (Phi) is 5.32. The van der Waals surface area contributed by atoms with E-state index in [-0.39, 0.29) is 12.3 Å². The van der Waals surface area contributed by atoms with Crippen molar-refractivity contribution in [1.29, 1.82) is 0 Å². The predicted octanol–water partition coefficient (Wildman–Crippen LogP) is 0.667. The molecule has 0 aliphatic rings. The summed E-state index contributed by atoms with van der Waals surface area (Å²) in [7, 11) is 0. The van der Waals surface area contributed by atoms with Crippen molar-refractivity contribution >= 4 is 11.9 Å². The van der Waals surface area contributed by atoms with E-state index >= 15 is 0 Å². The van der Waals surface area contributed by atoms with Crippen molar-refractivity contribution in [3.63, 3.8) is 0 Å². The molecule has 0 aliphatic heterocycles. The number of carbonyl (C=O) groups is 2. The Bertz CT molecular complexity index is 432. The highest BCUT2D eigenvalue weighted by molar-refractivity contribution is 5.84. The lowest BCUT2D eigenvalue weighted by Gasteiger charge is -2.13. The number of benzene rings is 1. The molecule has 1 amide bonds. The van der Waals surface area contributed by atoms with Gasteiger partial charge in [0.05, 0.1) is 6.42 Å². The van der Waals surface area contributed by atoms with Gasteiger partial charge in [-0.15, -0.1) is 0 Å². The van der Waals surface area contributed by atoms with Gasteiger partial charge in [-0.25, -0.2) is 4.79 Å². The first-order chi connectivity index (χ1) is 8.58. The smallest absolute Gasteiger partial charge is 0.326 e. The highest BCUT2D eigenvalue weighted by Gasteiger charge is 2.17. The van der Waals surface area contributed by atoms with E-state index in [2.05, 4.69) is 5.32 Å². The molecule has 1 aromatic carbocycles. The van der Waals surface area contributed by atoms with Crippen LogP contribution in [0.4, 0.5) is 0 Å². The molecule has 0 heterocycles. The van der Waals surface area contributed by atoms with Gasteiger partial charge in [0.1, 0.15) is 6.04 Å². The van der Waals surface area contributed by atoms with Crippen LogP contribution in [0.3, 0.4) is 0 Å². The number of hydrogen-bond donors (Lipinski definition) is 3. The van der Waals surface area contributed by atoms with Crippen LogP contribution < -0.4 is 11.1 Å². The Morgan fingerprint density at radius 3 is 2.44 bits per heavy atom. The van der Waals surface area contributed by atoms with Crippen molar-refractivity contribution in [3.8, 4) is 0 Å². The van der Waals surface area contributed by atoms with Crippen molar-refractivity contribution in [1.82, 2.24) is 5.32 Å². The molecule has 1 atom stereocenters. The van der Waals surface area contributed by atoms with E-state index in [4.69, 9.17) is 10.8 Å². The fourth-order valence-corrected chi connectivity index (χ4v) is 1.69. The fourth-order valence-electron chi connectivity index (χ4n) is 1.69. The third-order valence-corrected chi connectivity index (χ3v) is 2.73. The summed E-state index contributed by atoms with van der Waals surface area (Å²) in [6.45, 7) is 2.08. The number of aliphatic carboxylic acids is 1. The SMILES string of the molecule is CC[C@@H](NC(=O)Cc1ccccc1CN)C(=O)O. The lowest BCUT2D eigenvalue weighted by Crippen LogP contribution is -2.41. The van der Waals surface area contributed by atoms with Crippen molar-refractivity contribution in [2.24, 2.45) is 5.73 Å². The second-order valence-corrected chi connectivity index (χ2v) is 4.02. The van der Waals surface area contributed by atoms with Crippen LogP contribution in [-0.2, 0) is 22.6 Å². The summed E-state index contributed by atoms with van der Waals surface area (Å²) in [5.41, 5.74) is 7.31. The van der Waals surface area contributed by atoms with Crippen molar-refractivity contribution in [2.45, 2.75) is 32.4 Å². The zero-order chi connectivity index (χ0) is 13.5. The molecule has 0 saturated heterocycles. The van der Waals surface area contributed by atoms with Crippen LogP contribution in [0.15, 0.2) is 24.3 Å². The van der Waals surface area contributed by atoms with E-state index in [0.29, 0.717) is 13.0 Å². The van der Waals surface area contributed by atoms with Gasteiger partial charge in [0.25, 0.3) is 0 Å². The maximum atomic E-state index is 11.7. The van der Waals surface area contributed by atoms with Gasteiger partial charge in [-0.1, -0.05) is 31.2 Å². The molecule has 0 aliphatic carbocycles. The lowest BCUT2D eigenvalue weighted by molar-refractivity contribution is -0.141. The molecule has 0 aromatic heterocycles. The van der Waals surface area contributed by atoms with Crippen LogP contribution in [0, 0.1) is 0 Å². The van der Waals surface area contributed by atoms with E-state index in [0.717, 1.165) is 11.1 Å². The summed E-state index contributed by atoms with van der Waals surface area (Å²) in [5.74, 6) is -1.32. The molecule has 0 bridgehead atoms. The van der Waals surface area contributed by atoms with Gasteiger partial charge < -0.3 is 16.2 Å². The molecular weight excluding hydrogens is 232 g/mol. The Morgan fingerprint density at radius 1 is 1.33 bits per heavy atom. The van der Waals surface area contributed by atoms with Crippen LogP contribution >= 0.6 is 0 Å². The largest absolute Gasteiger partial charge is 0.480 e. The molecule has 5 nitrogen and oxygen atoms in total. The first-order valence-electron chi connectivity index (χ1n) is 5.87. The number of amides is 1. The molecule has 0 saturated carbocycles. The summed E-state index contributed by atoms with van der Waals surface area (Å²) < 4.78 is 0. The van der Waals surface area contributed by atoms with E-state index in [1.54, 1.807) is 6.92 Å². The Balaban J connectivity index is 2.67. The second-order valence-electron chi connectivity index (χ2n) is 4.02. The van der Waals surface area contributed by atoms with Crippen molar-refractivity contribution in [3.05, 3.63) is 35.4 Å². The molecule has 0 radical (unpaired) electrons. The molecular formula is C13H18N2O3. The molecule has 0 spiro atoms. The van der Waals surface area contributed by atoms with Gasteiger partial charge >= 0.3 is 5.97 Å². The van der Waals surface area contributed by atoms with E-state index in [1.165, 1.54) is 0 Å². The number of nitrogens with two attached hydrogens (primary N) is 1. The molecule has 0 fully saturated rings.